The molecule has 0 saturated carbocycles. The number of aliphatic hydroxyl groups is 1. The molecule has 1 aliphatic heterocycles. The van der Waals surface area contributed by atoms with Gasteiger partial charge in [0.15, 0.2) is 0 Å². The van der Waals surface area contributed by atoms with Crippen LogP contribution >= 0.6 is 0 Å². The van der Waals surface area contributed by atoms with Crippen molar-refractivity contribution in [2.45, 2.75) is 18.8 Å². The van der Waals surface area contributed by atoms with Crippen LogP contribution in [-0.4, -0.2) is 59.4 Å². The van der Waals surface area contributed by atoms with E-state index in [1.54, 1.807) is 0 Å². The van der Waals surface area contributed by atoms with Gasteiger partial charge < -0.3 is 19.7 Å². The largest absolute Gasteiger partial charge is 0.394 e. The van der Waals surface area contributed by atoms with E-state index in [-0.39, 0.29) is 6.61 Å². The van der Waals surface area contributed by atoms with Gasteiger partial charge in [-0.05, 0) is 19.4 Å². The molecule has 1 atom stereocenters. The maximum Gasteiger partial charge on any atom is 0.110 e. The lowest BCUT2D eigenvalue weighted by Crippen LogP contribution is -2.37. The Balaban J connectivity index is 1.73. The topological polar surface area (TPSA) is 61.4 Å². The van der Waals surface area contributed by atoms with Crippen LogP contribution in [0.3, 0.4) is 0 Å². The number of rotatable bonds is 6. The van der Waals surface area contributed by atoms with Crippen LogP contribution in [0.1, 0.15) is 24.6 Å². The van der Waals surface area contributed by atoms with Crippen molar-refractivity contribution in [3.8, 4) is 0 Å². The van der Waals surface area contributed by atoms with Crippen LogP contribution in [0.5, 0.6) is 0 Å². The molecule has 1 aromatic rings. The van der Waals surface area contributed by atoms with E-state index in [9.17, 15) is 0 Å². The summed E-state index contributed by atoms with van der Waals surface area (Å²) in [5, 5.41) is 8.62. The fraction of sp³-hybridized carbons (Fsp3) is 0.750. The highest BCUT2D eigenvalue weighted by molar-refractivity contribution is 4.99. The molecule has 1 aliphatic rings. The number of hydrogen-bond acceptors (Lipinski definition) is 4. The highest BCUT2D eigenvalue weighted by Gasteiger charge is 2.22. The molecule has 1 aromatic heterocycles. The molecule has 1 unspecified atom stereocenters. The summed E-state index contributed by atoms with van der Waals surface area (Å²) in [4.78, 5) is 9.95. The molecule has 0 spiro atoms. The lowest BCUT2D eigenvalue weighted by atomic mass is 9.97. The van der Waals surface area contributed by atoms with Crippen molar-refractivity contribution in [2.75, 3.05) is 39.5 Å². The quantitative estimate of drug-likeness (QED) is 0.714. The van der Waals surface area contributed by atoms with Crippen LogP contribution in [-0.2, 0) is 4.74 Å². The molecular formula is C12H21N3O2. The van der Waals surface area contributed by atoms with Gasteiger partial charge in [-0.2, -0.15) is 0 Å². The molecule has 96 valence electrons. The van der Waals surface area contributed by atoms with Gasteiger partial charge in [0, 0.05) is 31.4 Å². The summed E-state index contributed by atoms with van der Waals surface area (Å²) < 4.78 is 5.30. The molecule has 1 fully saturated rings. The molecule has 2 rings (SSSR count). The van der Waals surface area contributed by atoms with Crippen molar-refractivity contribution in [3.63, 3.8) is 0 Å². The molecule has 0 amide bonds. The number of likely N-dealkylation sites (tertiary alicyclic amines) is 1. The minimum Gasteiger partial charge on any atom is -0.394 e. The van der Waals surface area contributed by atoms with Gasteiger partial charge in [0.2, 0.25) is 0 Å². The number of aliphatic hydroxyl groups excluding tert-OH is 1. The van der Waals surface area contributed by atoms with Crippen molar-refractivity contribution in [1.82, 2.24) is 14.9 Å². The van der Waals surface area contributed by atoms with Gasteiger partial charge in [-0.1, -0.05) is 0 Å². The Labute approximate surface area is 102 Å². The summed E-state index contributed by atoms with van der Waals surface area (Å²) >= 11 is 0. The van der Waals surface area contributed by atoms with Crippen LogP contribution in [0.25, 0.3) is 0 Å². The monoisotopic (exact) mass is 239 g/mol. The normalized spacial score (nSPS) is 21.8. The zero-order valence-corrected chi connectivity index (χ0v) is 10.1. The second kappa shape index (κ2) is 6.74. The number of H-pyrrole nitrogens is 1. The first kappa shape index (κ1) is 12.5. The molecule has 1 saturated heterocycles. The third kappa shape index (κ3) is 3.80. The Morgan fingerprint density at radius 2 is 2.47 bits per heavy atom. The van der Waals surface area contributed by atoms with Gasteiger partial charge in [0.05, 0.1) is 19.8 Å². The van der Waals surface area contributed by atoms with Crippen LogP contribution in [0.2, 0.25) is 0 Å². The number of ether oxygens (including phenoxy) is 1. The maximum atomic E-state index is 8.62. The van der Waals surface area contributed by atoms with Gasteiger partial charge in [-0.15, -0.1) is 0 Å². The lowest BCUT2D eigenvalue weighted by Gasteiger charge is -2.31. The molecule has 0 radical (unpaired) electrons. The van der Waals surface area contributed by atoms with Gasteiger partial charge >= 0.3 is 0 Å². The Kier molecular flexibility index (Phi) is 4.97. The van der Waals surface area contributed by atoms with Crippen LogP contribution in [0.15, 0.2) is 12.4 Å². The van der Waals surface area contributed by atoms with E-state index in [0.29, 0.717) is 19.1 Å². The molecule has 5 nitrogen and oxygen atoms in total. The van der Waals surface area contributed by atoms with Crippen LogP contribution in [0, 0.1) is 0 Å². The summed E-state index contributed by atoms with van der Waals surface area (Å²) in [7, 11) is 0. The van der Waals surface area contributed by atoms with Crippen LogP contribution < -0.4 is 0 Å². The number of hydrogen-bond donors (Lipinski definition) is 2. The summed E-state index contributed by atoms with van der Waals surface area (Å²) in [6.07, 6.45) is 6.13. The van der Waals surface area contributed by atoms with Gasteiger partial charge in [-0.3, -0.25) is 0 Å². The summed E-state index contributed by atoms with van der Waals surface area (Å²) in [5.41, 5.74) is 0. The fourth-order valence-corrected chi connectivity index (χ4v) is 2.34. The van der Waals surface area contributed by atoms with E-state index < -0.39 is 0 Å². The molecule has 17 heavy (non-hydrogen) atoms. The molecular weight excluding hydrogens is 218 g/mol. The number of piperidine rings is 1. The van der Waals surface area contributed by atoms with Crippen LogP contribution in [0.4, 0.5) is 0 Å². The third-order valence-corrected chi connectivity index (χ3v) is 3.20. The lowest BCUT2D eigenvalue weighted by molar-refractivity contribution is 0.0669. The molecule has 2 N–H and O–H groups in total. The molecule has 5 heteroatoms. The summed E-state index contributed by atoms with van der Waals surface area (Å²) in [6.45, 7) is 4.38. The zero-order valence-electron chi connectivity index (χ0n) is 10.1. The predicted octanol–water partition coefficient (Wildman–Crippen LogP) is 0.598. The highest BCUT2D eigenvalue weighted by Crippen LogP contribution is 2.23. The van der Waals surface area contributed by atoms with Crippen molar-refractivity contribution in [3.05, 3.63) is 18.2 Å². The number of nitrogens with zero attached hydrogens (tertiary/aromatic N) is 2. The molecule has 0 bridgehead atoms. The first-order chi connectivity index (χ1) is 8.40. The number of nitrogens with one attached hydrogen (secondary N) is 1. The Bertz CT molecular complexity index is 303. The minimum absolute atomic E-state index is 0.106. The van der Waals surface area contributed by atoms with Gasteiger partial charge in [-0.25, -0.2) is 4.98 Å². The van der Waals surface area contributed by atoms with Crippen molar-refractivity contribution in [1.29, 1.82) is 0 Å². The fourth-order valence-electron chi connectivity index (χ4n) is 2.34. The molecule has 0 aromatic carbocycles. The predicted molar refractivity (Wildman–Crippen MR) is 64.9 cm³/mol. The Morgan fingerprint density at radius 1 is 1.53 bits per heavy atom. The standard InChI is InChI=1S/C12H21N3O2/c16-7-9-17-8-6-15-5-1-2-11(10-15)12-13-3-4-14-12/h3-4,11,16H,1-2,5-10H2,(H,13,14). The zero-order chi connectivity index (χ0) is 11.9. The van der Waals surface area contributed by atoms with Gasteiger partial charge in [0.1, 0.15) is 5.82 Å². The van der Waals surface area contributed by atoms with Crippen molar-refractivity contribution in [2.24, 2.45) is 0 Å². The first-order valence-electron chi connectivity index (χ1n) is 6.30. The van der Waals surface area contributed by atoms with E-state index in [1.165, 1.54) is 12.8 Å². The van der Waals surface area contributed by atoms with Crippen molar-refractivity contribution < 1.29 is 9.84 Å². The van der Waals surface area contributed by atoms with E-state index >= 15 is 0 Å². The van der Waals surface area contributed by atoms with E-state index in [0.717, 1.165) is 25.5 Å². The maximum absolute atomic E-state index is 8.62. The average molecular weight is 239 g/mol. The van der Waals surface area contributed by atoms with Crippen molar-refractivity contribution >= 4 is 0 Å². The number of aromatic nitrogens is 2. The van der Waals surface area contributed by atoms with Gasteiger partial charge in [0.25, 0.3) is 0 Å². The Morgan fingerprint density at radius 3 is 3.24 bits per heavy atom. The molecule has 2 heterocycles. The number of aromatic amines is 1. The summed E-state index contributed by atoms with van der Waals surface area (Å²) in [5.74, 6) is 1.63. The third-order valence-electron chi connectivity index (χ3n) is 3.20. The highest BCUT2D eigenvalue weighted by atomic mass is 16.5. The second-order valence-corrected chi connectivity index (χ2v) is 4.45. The minimum atomic E-state index is 0.106. The Hall–Kier alpha value is -0.910. The second-order valence-electron chi connectivity index (χ2n) is 4.45. The summed E-state index contributed by atoms with van der Waals surface area (Å²) in [6, 6.07) is 0. The molecule has 0 aliphatic carbocycles. The average Bonchev–Trinajstić information content (AvgIpc) is 2.89. The number of imidazole rings is 1. The van der Waals surface area contributed by atoms with E-state index in [4.69, 9.17) is 9.84 Å². The van der Waals surface area contributed by atoms with E-state index in [2.05, 4.69) is 14.9 Å². The van der Waals surface area contributed by atoms with E-state index in [1.807, 2.05) is 12.4 Å². The SMILES string of the molecule is OCCOCCN1CCCC(c2ncc[nH]2)C1. The first-order valence-corrected chi connectivity index (χ1v) is 6.30. The smallest absolute Gasteiger partial charge is 0.110 e.